The van der Waals surface area contributed by atoms with Crippen LogP contribution in [0.5, 0.6) is 17.2 Å². The van der Waals surface area contributed by atoms with Crippen LogP contribution in [0.15, 0.2) is 36.4 Å². The van der Waals surface area contributed by atoms with Crippen molar-refractivity contribution in [1.82, 2.24) is 5.32 Å². The van der Waals surface area contributed by atoms with Gasteiger partial charge >= 0.3 is 0 Å². The van der Waals surface area contributed by atoms with Gasteiger partial charge in [0.2, 0.25) is 0 Å². The molecule has 0 aliphatic rings. The largest absolute Gasteiger partial charge is 0.497 e. The molecule has 0 unspecified atom stereocenters. The van der Waals surface area contributed by atoms with Crippen molar-refractivity contribution in [3.63, 3.8) is 0 Å². The van der Waals surface area contributed by atoms with E-state index in [1.54, 1.807) is 45.6 Å². The molecule has 0 spiro atoms. The molecule has 0 atom stereocenters. The highest BCUT2D eigenvalue weighted by Crippen LogP contribution is 2.24. The van der Waals surface area contributed by atoms with E-state index >= 15 is 0 Å². The van der Waals surface area contributed by atoms with Crippen LogP contribution >= 0.6 is 11.6 Å². The van der Waals surface area contributed by atoms with Gasteiger partial charge in [-0.25, -0.2) is 0 Å². The van der Waals surface area contributed by atoms with Crippen LogP contribution in [0.3, 0.4) is 0 Å². The lowest BCUT2D eigenvalue weighted by Crippen LogP contribution is -2.25. The molecular formula is C18H20ClNO4. The van der Waals surface area contributed by atoms with E-state index < -0.39 is 0 Å². The molecular weight excluding hydrogens is 330 g/mol. The van der Waals surface area contributed by atoms with Gasteiger partial charge in [0.15, 0.2) is 0 Å². The van der Waals surface area contributed by atoms with Crippen molar-refractivity contribution in [2.45, 2.75) is 6.42 Å². The standard InChI is InChI=1S/C18H20ClNO4/c1-22-15-9-13(10-16(11-15)23-2)18(21)20-7-6-12-8-14(19)4-5-17(12)24-3/h4-5,8-11H,6-7H2,1-3H3,(H,20,21). The first-order chi connectivity index (χ1) is 11.6. The van der Waals surface area contributed by atoms with Crippen molar-refractivity contribution in [2.75, 3.05) is 27.9 Å². The minimum Gasteiger partial charge on any atom is -0.497 e. The molecule has 0 aliphatic heterocycles. The number of hydrogen-bond donors (Lipinski definition) is 1. The predicted octanol–water partition coefficient (Wildman–Crippen LogP) is 3.34. The number of carbonyl (C=O) groups is 1. The number of amides is 1. The van der Waals surface area contributed by atoms with Crippen LogP contribution in [0.1, 0.15) is 15.9 Å². The SMILES string of the molecule is COc1cc(OC)cc(C(=O)NCCc2cc(Cl)ccc2OC)c1. The van der Waals surface area contributed by atoms with Crippen molar-refractivity contribution in [2.24, 2.45) is 0 Å². The van der Waals surface area contributed by atoms with Gasteiger partial charge in [0.1, 0.15) is 17.2 Å². The molecule has 2 aromatic carbocycles. The molecule has 6 heteroatoms. The van der Waals surface area contributed by atoms with Crippen LogP contribution in [0.2, 0.25) is 5.02 Å². The lowest BCUT2D eigenvalue weighted by atomic mass is 10.1. The number of benzene rings is 2. The molecule has 2 rings (SSSR count). The fourth-order valence-electron chi connectivity index (χ4n) is 2.29. The highest BCUT2D eigenvalue weighted by atomic mass is 35.5. The summed E-state index contributed by atoms with van der Waals surface area (Å²) in [4.78, 5) is 12.3. The normalized spacial score (nSPS) is 10.2. The Hall–Kier alpha value is -2.40. The third-order valence-corrected chi connectivity index (χ3v) is 3.77. The van der Waals surface area contributed by atoms with Crippen molar-refractivity contribution in [1.29, 1.82) is 0 Å². The first-order valence-electron chi connectivity index (χ1n) is 7.41. The van der Waals surface area contributed by atoms with Crippen LogP contribution in [-0.4, -0.2) is 33.8 Å². The summed E-state index contributed by atoms with van der Waals surface area (Å²) in [5.74, 6) is 1.68. The van der Waals surface area contributed by atoms with E-state index in [1.807, 2.05) is 12.1 Å². The van der Waals surface area contributed by atoms with Crippen LogP contribution in [0, 0.1) is 0 Å². The Morgan fingerprint density at radius 1 is 1.00 bits per heavy atom. The van der Waals surface area contributed by atoms with Crippen molar-refractivity contribution in [3.8, 4) is 17.2 Å². The summed E-state index contributed by atoms with van der Waals surface area (Å²) in [6.07, 6.45) is 0.608. The van der Waals surface area contributed by atoms with E-state index in [0.29, 0.717) is 35.1 Å². The lowest BCUT2D eigenvalue weighted by Gasteiger charge is -2.11. The zero-order chi connectivity index (χ0) is 17.5. The summed E-state index contributed by atoms with van der Waals surface area (Å²) < 4.78 is 15.6. The first-order valence-corrected chi connectivity index (χ1v) is 7.79. The van der Waals surface area contributed by atoms with E-state index in [4.69, 9.17) is 25.8 Å². The maximum atomic E-state index is 12.3. The van der Waals surface area contributed by atoms with E-state index in [2.05, 4.69) is 5.32 Å². The molecule has 0 saturated carbocycles. The van der Waals surface area contributed by atoms with Gasteiger partial charge in [-0.05, 0) is 42.3 Å². The predicted molar refractivity (Wildman–Crippen MR) is 93.6 cm³/mol. The summed E-state index contributed by atoms with van der Waals surface area (Å²) in [7, 11) is 4.69. The van der Waals surface area contributed by atoms with Crippen LogP contribution in [0.25, 0.3) is 0 Å². The van der Waals surface area contributed by atoms with Crippen molar-refractivity contribution < 1.29 is 19.0 Å². The topological polar surface area (TPSA) is 56.8 Å². The van der Waals surface area contributed by atoms with Gasteiger partial charge < -0.3 is 19.5 Å². The molecule has 2 aromatic rings. The third-order valence-electron chi connectivity index (χ3n) is 3.54. The van der Waals surface area contributed by atoms with Gasteiger partial charge in [0.25, 0.3) is 5.91 Å². The third kappa shape index (κ3) is 4.55. The summed E-state index contributed by atoms with van der Waals surface area (Å²) >= 11 is 6.01. The molecule has 0 heterocycles. The fourth-order valence-corrected chi connectivity index (χ4v) is 2.49. The molecule has 0 bridgehead atoms. The maximum Gasteiger partial charge on any atom is 0.251 e. The van der Waals surface area contributed by atoms with Gasteiger partial charge in [0, 0.05) is 23.2 Å². The molecule has 0 fully saturated rings. The number of rotatable bonds is 7. The molecule has 1 N–H and O–H groups in total. The quantitative estimate of drug-likeness (QED) is 0.833. The average molecular weight is 350 g/mol. The van der Waals surface area contributed by atoms with Gasteiger partial charge in [-0.1, -0.05) is 11.6 Å². The molecule has 1 amide bonds. The van der Waals surface area contributed by atoms with E-state index in [-0.39, 0.29) is 5.91 Å². The second-order valence-electron chi connectivity index (χ2n) is 5.06. The van der Waals surface area contributed by atoms with E-state index in [0.717, 1.165) is 11.3 Å². The van der Waals surface area contributed by atoms with Crippen molar-refractivity contribution >= 4 is 17.5 Å². The van der Waals surface area contributed by atoms with Gasteiger partial charge in [0.05, 0.1) is 21.3 Å². The van der Waals surface area contributed by atoms with Gasteiger partial charge in [-0.15, -0.1) is 0 Å². The van der Waals surface area contributed by atoms with Crippen LogP contribution < -0.4 is 19.5 Å². The molecule has 0 aromatic heterocycles. The Bertz CT molecular complexity index is 696. The van der Waals surface area contributed by atoms with Crippen LogP contribution in [0.4, 0.5) is 0 Å². The lowest BCUT2D eigenvalue weighted by molar-refractivity contribution is 0.0953. The van der Waals surface area contributed by atoms with Crippen LogP contribution in [-0.2, 0) is 6.42 Å². The summed E-state index contributed by atoms with van der Waals surface area (Å²) in [6, 6.07) is 10.5. The Morgan fingerprint density at radius 3 is 2.25 bits per heavy atom. The summed E-state index contributed by atoms with van der Waals surface area (Å²) in [6.45, 7) is 0.453. The summed E-state index contributed by atoms with van der Waals surface area (Å²) in [5.41, 5.74) is 1.41. The highest BCUT2D eigenvalue weighted by Gasteiger charge is 2.10. The number of methoxy groups -OCH3 is 3. The Labute approximate surface area is 146 Å². The number of nitrogens with one attached hydrogen (secondary N) is 1. The summed E-state index contributed by atoms with van der Waals surface area (Å²) in [5, 5.41) is 3.51. The Kier molecular flexibility index (Phi) is 6.32. The number of halogens is 1. The maximum absolute atomic E-state index is 12.3. The monoisotopic (exact) mass is 349 g/mol. The zero-order valence-corrected chi connectivity index (χ0v) is 14.6. The molecule has 0 radical (unpaired) electrons. The fraction of sp³-hybridized carbons (Fsp3) is 0.278. The number of carbonyl (C=O) groups excluding carboxylic acids is 1. The average Bonchev–Trinajstić information content (AvgIpc) is 2.61. The Morgan fingerprint density at radius 2 is 1.67 bits per heavy atom. The van der Waals surface area contributed by atoms with Gasteiger partial charge in [-0.3, -0.25) is 4.79 Å². The number of hydrogen-bond acceptors (Lipinski definition) is 4. The number of ether oxygens (including phenoxy) is 3. The van der Waals surface area contributed by atoms with E-state index in [9.17, 15) is 4.79 Å². The Balaban J connectivity index is 2.02. The molecule has 5 nitrogen and oxygen atoms in total. The zero-order valence-electron chi connectivity index (χ0n) is 13.9. The second kappa shape index (κ2) is 8.45. The minimum atomic E-state index is -0.201. The van der Waals surface area contributed by atoms with Gasteiger partial charge in [-0.2, -0.15) is 0 Å². The minimum absolute atomic E-state index is 0.201. The molecule has 128 valence electrons. The molecule has 0 aliphatic carbocycles. The van der Waals surface area contributed by atoms with Crippen molar-refractivity contribution in [3.05, 3.63) is 52.5 Å². The molecule has 24 heavy (non-hydrogen) atoms. The smallest absolute Gasteiger partial charge is 0.251 e. The first kappa shape index (κ1) is 17.9. The highest BCUT2D eigenvalue weighted by molar-refractivity contribution is 6.30. The second-order valence-corrected chi connectivity index (χ2v) is 5.50. The molecule has 0 saturated heterocycles. The van der Waals surface area contributed by atoms with E-state index in [1.165, 1.54) is 0 Å².